The van der Waals surface area contributed by atoms with Gasteiger partial charge in [-0.2, -0.15) is 4.98 Å². The number of carbonyl (C=O) groups is 1. The first-order valence-corrected chi connectivity index (χ1v) is 17.4. The number of benzene rings is 3. The fourth-order valence-corrected chi connectivity index (χ4v) is 6.84. The standard InChI is InChI=1S/C37H38N6O5S/c1-24-9-6-10-25(2)33(24)31-20-32-41-35(40-31)42-49(45,46)30-12-7-11-27(19-30)34(44)43(28(23-47-32)21-37(3,4)5)22-26-13-15-29(16-14-26)48-36-38-17-8-18-39-36/h6-20,28H,21-23H2,1-5H3,(H,40,41,42)/t28-/m1/s1. The van der Waals surface area contributed by atoms with E-state index in [1.165, 1.54) is 12.1 Å². The van der Waals surface area contributed by atoms with Crippen molar-refractivity contribution >= 4 is 21.9 Å². The van der Waals surface area contributed by atoms with E-state index in [0.29, 0.717) is 17.9 Å². The number of rotatable bonds is 6. The van der Waals surface area contributed by atoms with Gasteiger partial charge in [0.1, 0.15) is 12.4 Å². The Morgan fingerprint density at radius 1 is 0.918 bits per heavy atom. The number of sulfonamides is 1. The number of carbonyl (C=O) groups excluding carboxylic acids is 1. The molecule has 1 N–H and O–H groups in total. The first-order chi connectivity index (χ1) is 23.3. The van der Waals surface area contributed by atoms with Crippen LogP contribution >= 0.6 is 0 Å². The molecule has 0 spiro atoms. The third kappa shape index (κ3) is 8.03. The molecule has 3 aromatic carbocycles. The summed E-state index contributed by atoms with van der Waals surface area (Å²) >= 11 is 0. The molecule has 3 heterocycles. The van der Waals surface area contributed by atoms with Gasteiger partial charge in [0.05, 0.1) is 16.6 Å². The fraction of sp³-hybridized carbons (Fsp3) is 0.270. The summed E-state index contributed by atoms with van der Waals surface area (Å²) < 4.78 is 42.0. The summed E-state index contributed by atoms with van der Waals surface area (Å²) in [6, 6.07) is 22.5. The maximum Gasteiger partial charge on any atom is 0.321 e. The highest BCUT2D eigenvalue weighted by Crippen LogP contribution is 2.32. The van der Waals surface area contributed by atoms with Crippen molar-refractivity contribution in [3.63, 3.8) is 0 Å². The fourth-order valence-electron chi connectivity index (χ4n) is 5.85. The number of anilines is 1. The first kappa shape index (κ1) is 33.5. The quantitative estimate of drug-likeness (QED) is 0.202. The van der Waals surface area contributed by atoms with Gasteiger partial charge in [-0.15, -0.1) is 0 Å². The molecule has 1 atom stereocenters. The molecule has 11 nitrogen and oxygen atoms in total. The van der Waals surface area contributed by atoms with E-state index in [9.17, 15) is 13.2 Å². The normalized spacial score (nSPS) is 16.0. The number of aromatic nitrogens is 4. The number of hydrogen-bond acceptors (Lipinski definition) is 9. The van der Waals surface area contributed by atoms with E-state index in [0.717, 1.165) is 22.3 Å². The Kier molecular flexibility index (Phi) is 9.33. The molecule has 6 rings (SSSR count). The molecule has 0 saturated heterocycles. The molecule has 49 heavy (non-hydrogen) atoms. The van der Waals surface area contributed by atoms with E-state index < -0.39 is 16.1 Å². The molecule has 1 aliphatic heterocycles. The van der Waals surface area contributed by atoms with Crippen molar-refractivity contribution in [3.8, 4) is 28.9 Å². The second-order valence-electron chi connectivity index (χ2n) is 13.3. The smallest absolute Gasteiger partial charge is 0.321 e. The van der Waals surface area contributed by atoms with Gasteiger partial charge in [-0.3, -0.25) is 4.79 Å². The summed E-state index contributed by atoms with van der Waals surface area (Å²) in [5.74, 6) is 0.275. The molecule has 0 unspecified atom stereocenters. The zero-order valence-electron chi connectivity index (χ0n) is 28.0. The van der Waals surface area contributed by atoms with E-state index >= 15 is 0 Å². The minimum absolute atomic E-state index is 0.0851. The topological polar surface area (TPSA) is 136 Å². The van der Waals surface area contributed by atoms with Crippen LogP contribution in [-0.4, -0.2) is 51.8 Å². The zero-order valence-corrected chi connectivity index (χ0v) is 28.9. The second-order valence-corrected chi connectivity index (χ2v) is 14.9. The van der Waals surface area contributed by atoms with Crippen molar-refractivity contribution in [2.24, 2.45) is 5.41 Å². The molecule has 5 aromatic rings. The van der Waals surface area contributed by atoms with Gasteiger partial charge < -0.3 is 14.4 Å². The first-order valence-electron chi connectivity index (χ1n) is 15.9. The molecule has 1 amide bonds. The molecule has 4 bridgehead atoms. The minimum Gasteiger partial charge on any atom is -0.475 e. The Morgan fingerprint density at radius 3 is 2.31 bits per heavy atom. The van der Waals surface area contributed by atoms with E-state index in [1.54, 1.807) is 53.7 Å². The Morgan fingerprint density at radius 2 is 1.61 bits per heavy atom. The van der Waals surface area contributed by atoms with Crippen LogP contribution in [0.15, 0.2) is 96.2 Å². The molecule has 0 saturated carbocycles. The van der Waals surface area contributed by atoms with Crippen LogP contribution in [0.2, 0.25) is 0 Å². The monoisotopic (exact) mass is 678 g/mol. The van der Waals surface area contributed by atoms with Gasteiger partial charge in [0.2, 0.25) is 11.8 Å². The summed E-state index contributed by atoms with van der Waals surface area (Å²) in [5.41, 5.74) is 4.19. The number of hydrogen-bond donors (Lipinski definition) is 1. The predicted octanol–water partition coefficient (Wildman–Crippen LogP) is 6.98. The van der Waals surface area contributed by atoms with Crippen LogP contribution in [0.5, 0.6) is 17.6 Å². The van der Waals surface area contributed by atoms with Crippen molar-refractivity contribution in [1.29, 1.82) is 0 Å². The van der Waals surface area contributed by atoms with Crippen LogP contribution in [-0.2, 0) is 16.6 Å². The van der Waals surface area contributed by atoms with E-state index in [-0.39, 0.29) is 52.8 Å². The van der Waals surface area contributed by atoms with Crippen LogP contribution in [0.1, 0.15) is 54.2 Å². The summed E-state index contributed by atoms with van der Waals surface area (Å²) in [6.07, 6.45) is 3.78. The van der Waals surface area contributed by atoms with Crippen molar-refractivity contribution in [2.75, 3.05) is 11.3 Å². The highest BCUT2D eigenvalue weighted by molar-refractivity contribution is 7.92. The number of nitrogens with one attached hydrogen (secondary N) is 1. The molecule has 0 radical (unpaired) electrons. The van der Waals surface area contributed by atoms with Crippen molar-refractivity contribution in [3.05, 3.63) is 114 Å². The molecule has 1 aliphatic rings. The maximum absolute atomic E-state index is 14.4. The number of ether oxygens (including phenoxy) is 2. The average molecular weight is 679 g/mol. The lowest BCUT2D eigenvalue weighted by atomic mass is 9.87. The zero-order chi connectivity index (χ0) is 34.8. The average Bonchev–Trinajstić information content (AvgIpc) is 3.05. The van der Waals surface area contributed by atoms with Gasteiger partial charge >= 0.3 is 6.01 Å². The molecular weight excluding hydrogens is 641 g/mol. The molecule has 0 fully saturated rings. The van der Waals surface area contributed by atoms with Crippen LogP contribution in [0.25, 0.3) is 11.3 Å². The lowest BCUT2D eigenvalue weighted by molar-refractivity contribution is 0.0513. The van der Waals surface area contributed by atoms with Crippen LogP contribution in [0, 0.1) is 19.3 Å². The van der Waals surface area contributed by atoms with E-state index in [1.807, 2.05) is 44.2 Å². The summed E-state index contributed by atoms with van der Waals surface area (Å²) in [4.78, 5) is 33.4. The van der Waals surface area contributed by atoms with Crippen molar-refractivity contribution in [2.45, 2.75) is 58.5 Å². The highest BCUT2D eigenvalue weighted by atomic mass is 32.2. The Labute approximate surface area is 286 Å². The molecule has 2 aromatic heterocycles. The summed E-state index contributed by atoms with van der Waals surface area (Å²) in [7, 11) is -4.18. The lowest BCUT2D eigenvalue weighted by Crippen LogP contribution is -2.45. The van der Waals surface area contributed by atoms with Gasteiger partial charge in [-0.05, 0) is 78.8 Å². The van der Waals surface area contributed by atoms with Crippen LogP contribution in [0.4, 0.5) is 5.95 Å². The van der Waals surface area contributed by atoms with Crippen LogP contribution in [0.3, 0.4) is 0 Å². The number of amides is 1. The molecule has 12 heteroatoms. The van der Waals surface area contributed by atoms with Crippen molar-refractivity contribution in [1.82, 2.24) is 24.8 Å². The SMILES string of the molecule is Cc1cccc(C)c1-c1cc2nc(n1)NS(=O)(=O)c1cccc(c1)C(=O)N(Cc1ccc(Oc3ncccn3)cc1)[C@H](CC(C)(C)C)CO2. The predicted molar refractivity (Wildman–Crippen MR) is 186 cm³/mol. The third-order valence-electron chi connectivity index (χ3n) is 8.06. The molecule has 252 valence electrons. The van der Waals surface area contributed by atoms with Gasteiger partial charge in [-0.25, -0.2) is 28.1 Å². The van der Waals surface area contributed by atoms with E-state index in [4.69, 9.17) is 9.47 Å². The van der Waals surface area contributed by atoms with Gasteiger partial charge in [0.15, 0.2) is 0 Å². The number of nitrogens with zero attached hydrogens (tertiary/aromatic N) is 5. The molecular formula is C37H38N6O5S. The van der Waals surface area contributed by atoms with Gasteiger partial charge in [0.25, 0.3) is 15.9 Å². The molecule has 0 aliphatic carbocycles. The minimum atomic E-state index is -4.18. The number of aryl methyl sites for hydroxylation is 2. The Balaban J connectivity index is 1.42. The largest absolute Gasteiger partial charge is 0.475 e. The third-order valence-corrected chi connectivity index (χ3v) is 9.38. The summed E-state index contributed by atoms with van der Waals surface area (Å²) in [5, 5.41) is 0. The van der Waals surface area contributed by atoms with E-state index in [2.05, 4.69) is 45.4 Å². The Bertz CT molecular complexity index is 2060. The van der Waals surface area contributed by atoms with Gasteiger partial charge in [-0.1, -0.05) is 57.2 Å². The Hall–Kier alpha value is -5.36. The second kappa shape index (κ2) is 13.6. The highest BCUT2D eigenvalue weighted by Gasteiger charge is 2.31. The lowest BCUT2D eigenvalue weighted by Gasteiger charge is -2.36. The van der Waals surface area contributed by atoms with Gasteiger partial charge in [0, 0.05) is 36.1 Å². The summed E-state index contributed by atoms with van der Waals surface area (Å²) in [6.45, 7) is 10.6. The number of fused-ring (bicyclic) bond motifs is 4. The van der Waals surface area contributed by atoms with Crippen LogP contribution < -0.4 is 14.2 Å². The maximum atomic E-state index is 14.4. The van der Waals surface area contributed by atoms with Crippen molar-refractivity contribution < 1.29 is 22.7 Å².